The molecule has 0 bridgehead atoms. The largest absolute Gasteiger partial charge is 0.379 e. The number of morpholine rings is 1. The van der Waals surface area contributed by atoms with Gasteiger partial charge in [0.15, 0.2) is 0 Å². The highest BCUT2D eigenvalue weighted by molar-refractivity contribution is 5.96. The number of ether oxygens (including phenoxy) is 1. The maximum atomic E-state index is 13.1. The summed E-state index contributed by atoms with van der Waals surface area (Å²) in [5, 5.41) is 0. The fourth-order valence-corrected chi connectivity index (χ4v) is 4.46. The average Bonchev–Trinajstić information content (AvgIpc) is 3.07. The summed E-state index contributed by atoms with van der Waals surface area (Å²) in [6.07, 6.45) is 0. The fourth-order valence-electron chi connectivity index (χ4n) is 4.46. The molecule has 2 saturated heterocycles. The van der Waals surface area contributed by atoms with Gasteiger partial charge in [-0.1, -0.05) is 6.92 Å². The second-order valence-corrected chi connectivity index (χ2v) is 7.65. The zero-order valence-electron chi connectivity index (χ0n) is 15.7. The van der Waals surface area contributed by atoms with Crippen LogP contribution in [0.3, 0.4) is 0 Å². The van der Waals surface area contributed by atoms with E-state index >= 15 is 0 Å². The lowest BCUT2D eigenvalue weighted by molar-refractivity contribution is 0.0119. The maximum absolute atomic E-state index is 13.1. The highest BCUT2D eigenvalue weighted by atomic mass is 16.5. The van der Waals surface area contributed by atoms with Crippen molar-refractivity contribution in [2.75, 3.05) is 39.4 Å². The molecule has 0 unspecified atom stereocenters. The zero-order valence-corrected chi connectivity index (χ0v) is 15.7. The minimum absolute atomic E-state index is 0.192. The molecule has 1 amide bonds. The van der Waals surface area contributed by atoms with E-state index in [1.54, 1.807) is 0 Å². The Bertz CT molecular complexity index is 602. The van der Waals surface area contributed by atoms with Crippen LogP contribution in [-0.2, 0) is 4.74 Å². The van der Waals surface area contributed by atoms with E-state index in [0.717, 1.165) is 50.7 Å². The van der Waals surface area contributed by atoms with Crippen molar-refractivity contribution in [2.45, 2.75) is 46.7 Å². The van der Waals surface area contributed by atoms with Crippen molar-refractivity contribution in [3.63, 3.8) is 0 Å². The van der Waals surface area contributed by atoms with Crippen LogP contribution in [0, 0.1) is 19.8 Å². The lowest BCUT2D eigenvalue weighted by atomic mass is 10.0. The third-order valence-corrected chi connectivity index (χ3v) is 5.61. The van der Waals surface area contributed by atoms with Gasteiger partial charge in [-0.2, -0.15) is 0 Å². The van der Waals surface area contributed by atoms with E-state index in [4.69, 9.17) is 4.74 Å². The van der Waals surface area contributed by atoms with Crippen LogP contribution in [0.4, 0.5) is 0 Å². The van der Waals surface area contributed by atoms with Crippen molar-refractivity contribution in [1.82, 2.24) is 14.4 Å². The number of aryl methyl sites for hydroxylation is 1. The lowest BCUT2D eigenvalue weighted by Crippen LogP contribution is -2.47. The summed E-state index contributed by atoms with van der Waals surface area (Å²) in [5.74, 6) is 0.707. The smallest absolute Gasteiger partial charge is 0.255 e. The highest BCUT2D eigenvalue weighted by Gasteiger charge is 2.37. The molecule has 5 nitrogen and oxygen atoms in total. The molecular weight excluding hydrogens is 302 g/mol. The Labute approximate surface area is 145 Å². The summed E-state index contributed by atoms with van der Waals surface area (Å²) in [5.41, 5.74) is 3.13. The van der Waals surface area contributed by atoms with Gasteiger partial charge in [0.25, 0.3) is 5.91 Å². The summed E-state index contributed by atoms with van der Waals surface area (Å²) < 4.78 is 7.72. The van der Waals surface area contributed by atoms with Crippen LogP contribution in [0.5, 0.6) is 0 Å². The number of hydrogen-bond acceptors (Lipinski definition) is 3. The van der Waals surface area contributed by atoms with Gasteiger partial charge < -0.3 is 14.2 Å². The van der Waals surface area contributed by atoms with Crippen LogP contribution in [0.1, 0.15) is 48.6 Å². The number of rotatable bonds is 3. The van der Waals surface area contributed by atoms with E-state index in [1.165, 1.54) is 5.69 Å². The molecule has 3 rings (SSSR count). The monoisotopic (exact) mass is 333 g/mol. The fraction of sp³-hybridized carbons (Fsp3) is 0.737. The lowest BCUT2D eigenvalue weighted by Gasteiger charge is -2.34. The van der Waals surface area contributed by atoms with Gasteiger partial charge >= 0.3 is 0 Å². The van der Waals surface area contributed by atoms with E-state index in [9.17, 15) is 4.79 Å². The van der Waals surface area contributed by atoms with Crippen LogP contribution < -0.4 is 0 Å². The Morgan fingerprint density at radius 1 is 1.21 bits per heavy atom. The normalized spacial score (nSPS) is 25.7. The van der Waals surface area contributed by atoms with E-state index in [1.807, 2.05) is 0 Å². The molecule has 5 heteroatoms. The minimum atomic E-state index is 0.192. The Balaban J connectivity index is 1.75. The highest BCUT2D eigenvalue weighted by Crippen LogP contribution is 2.27. The van der Waals surface area contributed by atoms with Gasteiger partial charge in [-0.15, -0.1) is 0 Å². The van der Waals surface area contributed by atoms with Crippen molar-refractivity contribution in [3.05, 3.63) is 23.0 Å². The van der Waals surface area contributed by atoms with Gasteiger partial charge in [-0.05, 0) is 39.7 Å². The molecule has 0 aromatic carbocycles. The number of aromatic nitrogens is 1. The summed E-state index contributed by atoms with van der Waals surface area (Å²) >= 11 is 0. The van der Waals surface area contributed by atoms with Gasteiger partial charge in [-0.3, -0.25) is 9.69 Å². The molecule has 2 fully saturated rings. The number of amides is 1. The second kappa shape index (κ2) is 6.89. The van der Waals surface area contributed by atoms with Gasteiger partial charge in [0.2, 0.25) is 0 Å². The van der Waals surface area contributed by atoms with Gasteiger partial charge in [0.05, 0.1) is 18.8 Å². The molecule has 0 N–H and O–H groups in total. The van der Waals surface area contributed by atoms with Crippen LogP contribution >= 0.6 is 0 Å². The topological polar surface area (TPSA) is 37.7 Å². The molecule has 134 valence electrons. The molecule has 2 aliphatic rings. The summed E-state index contributed by atoms with van der Waals surface area (Å²) in [4.78, 5) is 17.7. The molecule has 0 aliphatic carbocycles. The van der Waals surface area contributed by atoms with Gasteiger partial charge in [-0.25, -0.2) is 0 Å². The van der Waals surface area contributed by atoms with Gasteiger partial charge in [0.1, 0.15) is 0 Å². The van der Waals surface area contributed by atoms with Gasteiger partial charge in [0, 0.05) is 49.7 Å². The number of nitrogens with zero attached hydrogens (tertiary/aromatic N) is 3. The van der Waals surface area contributed by atoms with Crippen molar-refractivity contribution in [1.29, 1.82) is 0 Å². The zero-order chi connectivity index (χ0) is 17.4. The third kappa shape index (κ3) is 3.11. The molecule has 2 aliphatic heterocycles. The molecule has 0 spiro atoms. The first kappa shape index (κ1) is 17.5. The van der Waals surface area contributed by atoms with Crippen LogP contribution in [0.25, 0.3) is 0 Å². The summed E-state index contributed by atoms with van der Waals surface area (Å²) in [6, 6.07) is 2.90. The average molecular weight is 333 g/mol. The van der Waals surface area contributed by atoms with E-state index < -0.39 is 0 Å². The summed E-state index contributed by atoms with van der Waals surface area (Å²) in [7, 11) is 0. The van der Waals surface area contributed by atoms with Crippen LogP contribution in [0.15, 0.2) is 6.07 Å². The standard InChI is InChI=1S/C19H31N3O2/c1-13(2)22-15(4)10-17(16(22)5)19(23)21-11-14(3)18(12-21)20-6-8-24-9-7-20/h10,13-14,18H,6-9,11-12H2,1-5H3/t14-,18-/m1/s1. The van der Waals surface area contributed by atoms with E-state index in [2.05, 4.69) is 55.1 Å². The van der Waals surface area contributed by atoms with Crippen molar-refractivity contribution < 1.29 is 9.53 Å². The molecule has 24 heavy (non-hydrogen) atoms. The first-order valence-electron chi connectivity index (χ1n) is 9.19. The van der Waals surface area contributed by atoms with Crippen LogP contribution in [0.2, 0.25) is 0 Å². The van der Waals surface area contributed by atoms with E-state index in [0.29, 0.717) is 18.0 Å². The Morgan fingerprint density at radius 2 is 1.88 bits per heavy atom. The van der Waals surface area contributed by atoms with Crippen molar-refractivity contribution in [3.8, 4) is 0 Å². The quantitative estimate of drug-likeness (QED) is 0.853. The molecule has 3 heterocycles. The molecule has 2 atom stereocenters. The maximum Gasteiger partial charge on any atom is 0.255 e. The molecular formula is C19H31N3O2. The molecule has 1 aromatic heterocycles. The Kier molecular flexibility index (Phi) is 5.02. The number of hydrogen-bond donors (Lipinski definition) is 0. The summed E-state index contributed by atoms with van der Waals surface area (Å²) in [6.45, 7) is 16.0. The minimum Gasteiger partial charge on any atom is -0.379 e. The Hall–Kier alpha value is -1.33. The second-order valence-electron chi connectivity index (χ2n) is 7.65. The molecule has 0 saturated carbocycles. The predicted molar refractivity (Wildman–Crippen MR) is 95.5 cm³/mol. The first-order valence-corrected chi connectivity index (χ1v) is 9.19. The van der Waals surface area contributed by atoms with Crippen LogP contribution in [-0.4, -0.2) is 65.7 Å². The first-order chi connectivity index (χ1) is 11.4. The SMILES string of the molecule is Cc1cc(C(=O)N2C[C@@H](C)[C@H](N3CCOCC3)C2)c(C)n1C(C)C. The number of carbonyl (C=O) groups excluding carboxylic acids is 1. The van der Waals surface area contributed by atoms with Crippen molar-refractivity contribution in [2.24, 2.45) is 5.92 Å². The molecule has 1 aromatic rings. The Morgan fingerprint density at radius 3 is 2.46 bits per heavy atom. The number of carbonyl (C=O) groups is 1. The molecule has 0 radical (unpaired) electrons. The van der Waals surface area contributed by atoms with E-state index in [-0.39, 0.29) is 5.91 Å². The number of likely N-dealkylation sites (tertiary alicyclic amines) is 1. The predicted octanol–water partition coefficient (Wildman–Crippen LogP) is 2.48. The third-order valence-electron chi connectivity index (χ3n) is 5.61. The van der Waals surface area contributed by atoms with Crippen molar-refractivity contribution >= 4 is 5.91 Å².